The van der Waals surface area contributed by atoms with Gasteiger partial charge in [-0.2, -0.15) is 0 Å². The molecular formula is C19H29FO2. The fraction of sp³-hybridized carbons (Fsp3) is 0.947. The van der Waals surface area contributed by atoms with Crippen molar-refractivity contribution in [1.82, 2.24) is 0 Å². The summed E-state index contributed by atoms with van der Waals surface area (Å²) in [5.41, 5.74) is 0.0923. The summed E-state index contributed by atoms with van der Waals surface area (Å²) >= 11 is 0. The van der Waals surface area contributed by atoms with E-state index in [0.29, 0.717) is 36.5 Å². The second-order valence-corrected chi connectivity index (χ2v) is 9.14. The number of hydrogen-bond acceptors (Lipinski definition) is 2. The third-order valence-corrected chi connectivity index (χ3v) is 8.43. The van der Waals surface area contributed by atoms with Crippen LogP contribution in [0.5, 0.6) is 0 Å². The van der Waals surface area contributed by atoms with Gasteiger partial charge < -0.3 is 5.11 Å². The van der Waals surface area contributed by atoms with Crippen LogP contribution in [0, 0.1) is 34.5 Å². The highest BCUT2D eigenvalue weighted by molar-refractivity contribution is 5.84. The Balaban J connectivity index is 1.65. The van der Waals surface area contributed by atoms with E-state index in [0.717, 1.165) is 32.1 Å². The third kappa shape index (κ3) is 1.84. The molecule has 0 spiro atoms. The van der Waals surface area contributed by atoms with Crippen molar-refractivity contribution in [3.8, 4) is 0 Å². The van der Waals surface area contributed by atoms with Gasteiger partial charge in [-0.15, -0.1) is 0 Å². The lowest BCUT2D eigenvalue weighted by molar-refractivity contribution is -0.151. The van der Waals surface area contributed by atoms with Crippen molar-refractivity contribution in [2.24, 2.45) is 34.5 Å². The first kappa shape index (κ1) is 15.1. The first-order valence-corrected chi connectivity index (χ1v) is 9.21. The van der Waals surface area contributed by atoms with Gasteiger partial charge >= 0.3 is 0 Å². The van der Waals surface area contributed by atoms with Gasteiger partial charge in [-0.1, -0.05) is 13.8 Å². The summed E-state index contributed by atoms with van der Waals surface area (Å²) in [6, 6.07) is 0. The zero-order chi connectivity index (χ0) is 15.7. The predicted molar refractivity (Wildman–Crippen MR) is 83.0 cm³/mol. The van der Waals surface area contributed by atoms with Crippen molar-refractivity contribution in [3.05, 3.63) is 0 Å². The van der Waals surface area contributed by atoms with Crippen LogP contribution in [0.2, 0.25) is 0 Å². The maximum absolute atomic E-state index is 14.2. The molecule has 4 aliphatic rings. The Kier molecular flexibility index (Phi) is 3.28. The summed E-state index contributed by atoms with van der Waals surface area (Å²) in [6.45, 7) is 4.55. The molecule has 3 heteroatoms. The Hall–Kier alpha value is -0.440. The van der Waals surface area contributed by atoms with Crippen molar-refractivity contribution in [1.29, 1.82) is 0 Å². The molecule has 8 atom stereocenters. The number of aliphatic hydroxyl groups excluding tert-OH is 1. The highest BCUT2D eigenvalue weighted by Crippen LogP contribution is 2.66. The fourth-order valence-corrected chi connectivity index (χ4v) is 7.03. The van der Waals surface area contributed by atoms with E-state index in [1.807, 2.05) is 0 Å². The number of Topliss-reactive ketones (excluding diaryl/α,β-unsaturated/α-hetero) is 1. The molecule has 0 saturated heterocycles. The van der Waals surface area contributed by atoms with E-state index in [1.54, 1.807) is 0 Å². The first-order chi connectivity index (χ1) is 10.4. The van der Waals surface area contributed by atoms with Crippen LogP contribution < -0.4 is 0 Å². The molecule has 4 saturated carbocycles. The number of fused-ring (bicyclic) bond motifs is 5. The third-order valence-electron chi connectivity index (χ3n) is 8.43. The SMILES string of the molecule is C[C@]12CC[C@H]3[C@@H](CCC4CC(=O)[C@H](F)C[C@@]43C)[C@@H]1CC[C@@H]2O. The highest BCUT2D eigenvalue weighted by atomic mass is 19.1. The maximum Gasteiger partial charge on any atom is 0.167 e. The average molecular weight is 308 g/mol. The van der Waals surface area contributed by atoms with Crippen LogP contribution in [-0.2, 0) is 4.79 Å². The van der Waals surface area contributed by atoms with Crippen LogP contribution in [0.25, 0.3) is 0 Å². The molecule has 22 heavy (non-hydrogen) atoms. The number of rotatable bonds is 0. The van der Waals surface area contributed by atoms with Crippen molar-refractivity contribution in [2.75, 3.05) is 0 Å². The minimum absolute atomic E-state index is 0.00508. The Morgan fingerprint density at radius 1 is 1.05 bits per heavy atom. The van der Waals surface area contributed by atoms with Gasteiger partial charge in [-0.05, 0) is 79.4 Å². The molecule has 4 aliphatic carbocycles. The summed E-state index contributed by atoms with van der Waals surface area (Å²) in [7, 11) is 0. The molecule has 0 aromatic rings. The zero-order valence-corrected chi connectivity index (χ0v) is 13.9. The molecule has 0 bridgehead atoms. The predicted octanol–water partition coefficient (Wildman–Crippen LogP) is 3.91. The van der Waals surface area contributed by atoms with E-state index in [1.165, 1.54) is 6.42 Å². The number of hydrogen-bond donors (Lipinski definition) is 1. The number of ketones is 1. The van der Waals surface area contributed by atoms with Gasteiger partial charge in [-0.25, -0.2) is 4.39 Å². The molecule has 0 amide bonds. The molecule has 1 N–H and O–H groups in total. The Morgan fingerprint density at radius 3 is 2.55 bits per heavy atom. The molecule has 0 aliphatic heterocycles. The number of alkyl halides is 1. The van der Waals surface area contributed by atoms with Crippen LogP contribution in [0.3, 0.4) is 0 Å². The standard InChI is InChI=1S/C19H29FO2/c1-18-8-7-14-12(13(18)5-6-17(18)22)4-3-11-9-16(21)15(20)10-19(11,14)2/h11-15,17,22H,3-10H2,1-2H3/t11?,12-,13-,14-,15+,17-,18-,19-/m0/s1. The topological polar surface area (TPSA) is 37.3 Å². The quantitative estimate of drug-likeness (QED) is 0.737. The monoisotopic (exact) mass is 308 g/mol. The smallest absolute Gasteiger partial charge is 0.167 e. The lowest BCUT2D eigenvalue weighted by atomic mass is 9.45. The van der Waals surface area contributed by atoms with Crippen molar-refractivity contribution in [2.45, 2.75) is 77.5 Å². The van der Waals surface area contributed by atoms with Gasteiger partial charge in [0, 0.05) is 6.42 Å². The normalized spacial score (nSPS) is 57.9. The number of carbonyl (C=O) groups is 1. The lowest BCUT2D eigenvalue weighted by Gasteiger charge is -2.60. The summed E-state index contributed by atoms with van der Waals surface area (Å²) in [5.74, 6) is 2.04. The fourth-order valence-electron chi connectivity index (χ4n) is 7.03. The minimum Gasteiger partial charge on any atom is -0.393 e. The molecule has 4 rings (SSSR count). The van der Waals surface area contributed by atoms with Gasteiger partial charge in [0.1, 0.15) is 0 Å². The van der Waals surface area contributed by atoms with Crippen LogP contribution in [0.4, 0.5) is 4.39 Å². The Labute approximate surface area is 132 Å². The Morgan fingerprint density at radius 2 is 1.77 bits per heavy atom. The average Bonchev–Trinajstić information content (AvgIpc) is 2.77. The highest BCUT2D eigenvalue weighted by Gasteiger charge is 2.61. The van der Waals surface area contributed by atoms with Gasteiger partial charge in [0.05, 0.1) is 6.10 Å². The molecule has 0 aromatic carbocycles. The van der Waals surface area contributed by atoms with Crippen molar-refractivity contribution in [3.63, 3.8) is 0 Å². The summed E-state index contributed by atoms with van der Waals surface area (Å²) in [5, 5.41) is 10.4. The van der Waals surface area contributed by atoms with E-state index in [2.05, 4.69) is 13.8 Å². The molecule has 0 aromatic heterocycles. The molecular weight excluding hydrogens is 279 g/mol. The van der Waals surface area contributed by atoms with Gasteiger partial charge in [0.15, 0.2) is 12.0 Å². The van der Waals surface area contributed by atoms with Gasteiger partial charge in [0.25, 0.3) is 0 Å². The van der Waals surface area contributed by atoms with E-state index < -0.39 is 6.17 Å². The molecule has 0 radical (unpaired) electrons. The molecule has 1 unspecified atom stereocenters. The zero-order valence-electron chi connectivity index (χ0n) is 13.9. The van der Waals surface area contributed by atoms with Crippen LogP contribution in [0.15, 0.2) is 0 Å². The summed E-state index contributed by atoms with van der Waals surface area (Å²) in [4.78, 5) is 11.8. The van der Waals surface area contributed by atoms with Crippen LogP contribution in [-0.4, -0.2) is 23.2 Å². The molecule has 0 heterocycles. The van der Waals surface area contributed by atoms with Gasteiger partial charge in [-0.3, -0.25) is 4.79 Å². The molecule has 124 valence electrons. The summed E-state index contributed by atoms with van der Waals surface area (Å²) in [6.07, 6.45) is 6.06. The van der Waals surface area contributed by atoms with E-state index in [4.69, 9.17) is 0 Å². The summed E-state index contributed by atoms with van der Waals surface area (Å²) < 4.78 is 14.2. The molecule has 4 fully saturated rings. The minimum atomic E-state index is -1.23. The Bertz CT molecular complexity index is 492. The second-order valence-electron chi connectivity index (χ2n) is 9.14. The maximum atomic E-state index is 14.2. The van der Waals surface area contributed by atoms with Gasteiger partial charge in [0.2, 0.25) is 0 Å². The van der Waals surface area contributed by atoms with E-state index >= 15 is 0 Å². The first-order valence-electron chi connectivity index (χ1n) is 9.21. The number of carbonyl (C=O) groups excluding carboxylic acids is 1. The molecule has 2 nitrogen and oxygen atoms in total. The number of aliphatic hydroxyl groups is 1. The van der Waals surface area contributed by atoms with E-state index in [9.17, 15) is 14.3 Å². The van der Waals surface area contributed by atoms with Crippen molar-refractivity contribution >= 4 is 5.78 Å². The van der Waals surface area contributed by atoms with Crippen molar-refractivity contribution < 1.29 is 14.3 Å². The number of halogens is 1. The lowest BCUT2D eigenvalue weighted by Crippen LogP contribution is -2.55. The second kappa shape index (κ2) is 4.78. The van der Waals surface area contributed by atoms with Crippen LogP contribution >= 0.6 is 0 Å². The largest absolute Gasteiger partial charge is 0.393 e. The van der Waals surface area contributed by atoms with Crippen LogP contribution in [0.1, 0.15) is 65.2 Å². The van der Waals surface area contributed by atoms with E-state index in [-0.39, 0.29) is 22.7 Å².